The van der Waals surface area contributed by atoms with E-state index in [1.54, 1.807) is 0 Å². The first-order valence-corrected chi connectivity index (χ1v) is 6.52. The summed E-state index contributed by atoms with van der Waals surface area (Å²) in [5.74, 6) is 0. The summed E-state index contributed by atoms with van der Waals surface area (Å²) in [6.45, 7) is 6.31. The molecule has 0 unspecified atom stereocenters. The second-order valence-electron chi connectivity index (χ2n) is 5.10. The Labute approximate surface area is 114 Å². The van der Waals surface area contributed by atoms with Crippen LogP contribution in [0.4, 0.5) is 5.69 Å². The Morgan fingerprint density at radius 2 is 1.94 bits per heavy atom. The zero-order valence-corrected chi connectivity index (χ0v) is 12.4. The lowest BCUT2D eigenvalue weighted by atomic mass is 9.91. The van der Waals surface area contributed by atoms with Crippen molar-refractivity contribution in [2.45, 2.75) is 26.2 Å². The molecule has 17 heavy (non-hydrogen) atoms. The van der Waals surface area contributed by atoms with E-state index < -0.39 is 0 Å². The molecule has 0 aliphatic heterocycles. The second kappa shape index (κ2) is 4.14. The molecular weight excluding hydrogens is 300 g/mol. The Morgan fingerprint density at radius 3 is 2.53 bits per heavy atom. The average Bonchev–Trinajstić information content (AvgIpc) is 2.21. The Morgan fingerprint density at radius 1 is 1.29 bits per heavy atom. The van der Waals surface area contributed by atoms with E-state index in [2.05, 4.69) is 41.7 Å². The number of benzene rings is 1. The van der Waals surface area contributed by atoms with Crippen LogP contribution in [-0.4, -0.2) is 4.98 Å². The van der Waals surface area contributed by atoms with Gasteiger partial charge in [0.15, 0.2) is 0 Å². The number of rotatable bonds is 0. The largest absolute Gasteiger partial charge is 0.398 e. The molecule has 4 heteroatoms. The molecule has 2 nitrogen and oxygen atoms in total. The second-order valence-corrected chi connectivity index (χ2v) is 6.36. The number of nitrogens with zero attached hydrogens (tertiary/aromatic N) is 1. The molecule has 0 atom stereocenters. The van der Waals surface area contributed by atoms with E-state index in [0.717, 1.165) is 21.1 Å². The van der Waals surface area contributed by atoms with Gasteiger partial charge in [-0.1, -0.05) is 48.3 Å². The van der Waals surface area contributed by atoms with Crippen LogP contribution >= 0.6 is 27.5 Å². The predicted molar refractivity (Wildman–Crippen MR) is 77.6 cm³/mol. The quantitative estimate of drug-likeness (QED) is 0.776. The Bertz CT molecular complexity index is 588. The van der Waals surface area contributed by atoms with Gasteiger partial charge in [-0.3, -0.25) is 4.98 Å². The number of hydrogen-bond donors (Lipinski definition) is 1. The topological polar surface area (TPSA) is 38.9 Å². The van der Waals surface area contributed by atoms with Crippen LogP contribution < -0.4 is 5.73 Å². The van der Waals surface area contributed by atoms with Gasteiger partial charge in [0, 0.05) is 26.7 Å². The third-order valence-corrected chi connectivity index (χ3v) is 3.63. The summed E-state index contributed by atoms with van der Waals surface area (Å²) in [4.78, 5) is 4.63. The fourth-order valence-corrected chi connectivity index (χ4v) is 2.43. The number of pyridine rings is 1. The maximum Gasteiger partial charge on any atom is 0.0923 e. The molecule has 2 rings (SSSR count). The molecule has 0 aliphatic rings. The van der Waals surface area contributed by atoms with Gasteiger partial charge in [0.2, 0.25) is 0 Å². The van der Waals surface area contributed by atoms with Gasteiger partial charge < -0.3 is 5.73 Å². The normalized spacial score (nSPS) is 12.1. The van der Waals surface area contributed by atoms with Gasteiger partial charge in [-0.25, -0.2) is 0 Å². The van der Waals surface area contributed by atoms with Crippen molar-refractivity contribution in [3.05, 3.63) is 33.4 Å². The maximum atomic E-state index is 6.18. The zero-order chi connectivity index (χ0) is 12.8. The van der Waals surface area contributed by atoms with E-state index in [0.29, 0.717) is 10.7 Å². The van der Waals surface area contributed by atoms with Crippen molar-refractivity contribution in [1.82, 2.24) is 4.98 Å². The average molecular weight is 314 g/mol. The highest BCUT2D eigenvalue weighted by atomic mass is 79.9. The first kappa shape index (κ1) is 12.7. The smallest absolute Gasteiger partial charge is 0.0923 e. The number of fused-ring (bicyclic) bond motifs is 1. The van der Waals surface area contributed by atoms with Crippen molar-refractivity contribution in [2.24, 2.45) is 0 Å². The van der Waals surface area contributed by atoms with E-state index >= 15 is 0 Å². The van der Waals surface area contributed by atoms with Crippen LogP contribution in [0.5, 0.6) is 0 Å². The van der Waals surface area contributed by atoms with Gasteiger partial charge in [-0.15, -0.1) is 0 Å². The molecule has 0 saturated carbocycles. The molecule has 0 amide bonds. The summed E-state index contributed by atoms with van der Waals surface area (Å²) in [5, 5.41) is 1.51. The lowest BCUT2D eigenvalue weighted by molar-refractivity contribution is 0.572. The molecule has 0 fully saturated rings. The Hall–Kier alpha value is -0.800. The van der Waals surface area contributed by atoms with Crippen LogP contribution in [0.1, 0.15) is 26.5 Å². The summed E-state index contributed by atoms with van der Waals surface area (Å²) in [7, 11) is 0. The molecule has 2 aromatic rings. The number of nitrogen functional groups attached to an aromatic ring is 1. The monoisotopic (exact) mass is 312 g/mol. The van der Waals surface area contributed by atoms with Crippen molar-refractivity contribution in [3.63, 3.8) is 0 Å². The van der Waals surface area contributed by atoms with Gasteiger partial charge in [0.1, 0.15) is 0 Å². The summed E-state index contributed by atoms with van der Waals surface area (Å²) in [6.07, 6.45) is 0. The first-order chi connectivity index (χ1) is 7.80. The third-order valence-electron chi connectivity index (χ3n) is 2.66. The maximum absolute atomic E-state index is 6.18. The van der Waals surface area contributed by atoms with E-state index in [4.69, 9.17) is 17.3 Å². The predicted octanol–water partition coefficient (Wildman–Crippen LogP) is 4.53. The summed E-state index contributed by atoms with van der Waals surface area (Å²) in [6, 6.07) is 5.63. The third kappa shape index (κ3) is 2.26. The molecule has 0 saturated heterocycles. The number of nitrogens with two attached hydrogens (primary N) is 1. The highest BCUT2D eigenvalue weighted by Crippen LogP contribution is 2.35. The molecule has 0 radical (unpaired) electrons. The Balaban J connectivity index is 2.87. The van der Waals surface area contributed by atoms with Crippen LogP contribution in [0, 0.1) is 0 Å². The van der Waals surface area contributed by atoms with E-state index in [-0.39, 0.29) is 5.41 Å². The Kier molecular flexibility index (Phi) is 3.08. The van der Waals surface area contributed by atoms with Crippen LogP contribution in [0.15, 0.2) is 22.7 Å². The van der Waals surface area contributed by atoms with Crippen LogP contribution in [0.3, 0.4) is 0 Å². The summed E-state index contributed by atoms with van der Waals surface area (Å²) < 4.78 is 0.919. The molecule has 0 bridgehead atoms. The number of anilines is 1. The van der Waals surface area contributed by atoms with Crippen molar-refractivity contribution in [2.75, 3.05) is 5.73 Å². The fraction of sp³-hybridized carbons (Fsp3) is 0.308. The van der Waals surface area contributed by atoms with Crippen molar-refractivity contribution in [3.8, 4) is 0 Å². The molecule has 1 heterocycles. The number of hydrogen-bond acceptors (Lipinski definition) is 2. The highest BCUT2D eigenvalue weighted by molar-refractivity contribution is 9.10. The van der Waals surface area contributed by atoms with E-state index in [1.165, 1.54) is 0 Å². The van der Waals surface area contributed by atoms with E-state index in [1.807, 2.05) is 18.2 Å². The molecule has 1 aromatic heterocycles. The fourth-order valence-electron chi connectivity index (χ4n) is 1.68. The van der Waals surface area contributed by atoms with Crippen LogP contribution in [0.2, 0.25) is 5.02 Å². The van der Waals surface area contributed by atoms with E-state index in [9.17, 15) is 0 Å². The van der Waals surface area contributed by atoms with Crippen molar-refractivity contribution < 1.29 is 0 Å². The number of halogens is 2. The molecular formula is C13H14BrClN2. The molecule has 90 valence electrons. The minimum Gasteiger partial charge on any atom is -0.398 e. The molecule has 0 spiro atoms. The van der Waals surface area contributed by atoms with Crippen LogP contribution in [-0.2, 0) is 5.41 Å². The standard InChI is InChI=1S/C13H14BrClN2/c1-13(2,3)10-6-9(16)11-7(14)4-5-8(15)12(11)17-10/h4-6H,1-3H3,(H2,16,17). The minimum absolute atomic E-state index is 0.0477. The summed E-state index contributed by atoms with van der Waals surface area (Å²) in [5.41, 5.74) is 8.45. The van der Waals surface area contributed by atoms with Gasteiger partial charge in [-0.05, 0) is 18.2 Å². The zero-order valence-electron chi connectivity index (χ0n) is 10.0. The van der Waals surface area contributed by atoms with Crippen LogP contribution in [0.25, 0.3) is 10.9 Å². The lowest BCUT2D eigenvalue weighted by Gasteiger charge is -2.19. The SMILES string of the molecule is CC(C)(C)c1cc(N)c2c(Br)ccc(Cl)c2n1. The van der Waals surface area contributed by atoms with Crippen molar-refractivity contribution >= 4 is 44.1 Å². The highest BCUT2D eigenvalue weighted by Gasteiger charge is 2.18. The molecule has 0 aliphatic carbocycles. The van der Waals surface area contributed by atoms with Gasteiger partial charge in [0.05, 0.1) is 10.5 Å². The number of aromatic nitrogens is 1. The lowest BCUT2D eigenvalue weighted by Crippen LogP contribution is -2.14. The molecule has 2 N–H and O–H groups in total. The van der Waals surface area contributed by atoms with Gasteiger partial charge in [-0.2, -0.15) is 0 Å². The first-order valence-electron chi connectivity index (χ1n) is 5.35. The van der Waals surface area contributed by atoms with Crippen molar-refractivity contribution in [1.29, 1.82) is 0 Å². The van der Waals surface area contributed by atoms with Gasteiger partial charge in [0.25, 0.3) is 0 Å². The molecule has 1 aromatic carbocycles. The minimum atomic E-state index is -0.0477. The van der Waals surface area contributed by atoms with Gasteiger partial charge >= 0.3 is 0 Å². The summed E-state index contributed by atoms with van der Waals surface area (Å²) >= 11 is 9.66.